The van der Waals surface area contributed by atoms with Gasteiger partial charge in [0.05, 0.1) is 31.6 Å². The Morgan fingerprint density at radius 3 is 2.57 bits per heavy atom. The Morgan fingerprint density at radius 1 is 1.19 bits per heavy atom. The number of rotatable bonds is 5. The summed E-state index contributed by atoms with van der Waals surface area (Å²) in [6, 6.07) is 3.87. The molecule has 1 aromatic heterocycles. The fourth-order valence-corrected chi connectivity index (χ4v) is 2.98. The van der Waals surface area contributed by atoms with Gasteiger partial charge in [-0.15, -0.1) is 0 Å². The van der Waals surface area contributed by atoms with E-state index in [2.05, 4.69) is 22.0 Å². The minimum absolute atomic E-state index is 0.684. The molecule has 0 aliphatic carbocycles. The summed E-state index contributed by atoms with van der Waals surface area (Å²) in [5.74, 6) is 2.21. The molecule has 1 aromatic carbocycles. The summed E-state index contributed by atoms with van der Waals surface area (Å²) in [5, 5.41) is 9.41. The summed E-state index contributed by atoms with van der Waals surface area (Å²) in [4.78, 5) is 2.36. The molecular weight excluding hydrogens is 266 g/mol. The van der Waals surface area contributed by atoms with Crippen LogP contribution in [0.2, 0.25) is 0 Å². The highest BCUT2D eigenvalue weighted by atomic mass is 16.5. The SMILES string of the molecule is CCCC1CN(c2cnnc3cc(OC)c(OC)cc23)C1. The summed E-state index contributed by atoms with van der Waals surface area (Å²) < 4.78 is 10.7. The van der Waals surface area contributed by atoms with Crippen LogP contribution in [0.5, 0.6) is 11.5 Å². The van der Waals surface area contributed by atoms with E-state index in [9.17, 15) is 0 Å². The molecule has 2 heterocycles. The predicted molar refractivity (Wildman–Crippen MR) is 83.3 cm³/mol. The van der Waals surface area contributed by atoms with Crippen LogP contribution in [-0.2, 0) is 0 Å². The van der Waals surface area contributed by atoms with Crippen molar-refractivity contribution in [1.82, 2.24) is 10.2 Å². The third kappa shape index (κ3) is 2.48. The standard InChI is InChI=1S/C16H21N3O2/c1-4-5-11-9-19(10-11)14-8-17-18-13-7-16(21-3)15(20-2)6-12(13)14/h6-8,11H,4-5,9-10H2,1-3H3. The summed E-state index contributed by atoms with van der Waals surface area (Å²) in [6.45, 7) is 4.44. The number of anilines is 1. The zero-order valence-electron chi connectivity index (χ0n) is 12.8. The van der Waals surface area contributed by atoms with Gasteiger partial charge in [0, 0.05) is 24.5 Å². The first-order valence-corrected chi connectivity index (χ1v) is 7.39. The average molecular weight is 287 g/mol. The number of fused-ring (bicyclic) bond motifs is 1. The van der Waals surface area contributed by atoms with Gasteiger partial charge in [0.25, 0.3) is 0 Å². The smallest absolute Gasteiger partial charge is 0.162 e. The number of ether oxygens (including phenoxy) is 2. The molecule has 5 nitrogen and oxygen atoms in total. The molecule has 5 heteroatoms. The maximum Gasteiger partial charge on any atom is 0.162 e. The largest absolute Gasteiger partial charge is 0.493 e. The second-order valence-electron chi connectivity index (χ2n) is 5.51. The molecule has 2 aromatic rings. The van der Waals surface area contributed by atoms with E-state index in [0.29, 0.717) is 5.75 Å². The van der Waals surface area contributed by atoms with Crippen LogP contribution in [-0.4, -0.2) is 37.5 Å². The van der Waals surface area contributed by atoms with Crippen molar-refractivity contribution >= 4 is 16.6 Å². The van der Waals surface area contributed by atoms with Crippen molar-refractivity contribution in [2.45, 2.75) is 19.8 Å². The van der Waals surface area contributed by atoms with Crippen LogP contribution in [0.3, 0.4) is 0 Å². The summed E-state index contributed by atoms with van der Waals surface area (Å²) in [6.07, 6.45) is 4.39. The summed E-state index contributed by atoms with van der Waals surface area (Å²) in [7, 11) is 3.28. The topological polar surface area (TPSA) is 47.5 Å². The van der Waals surface area contributed by atoms with E-state index in [-0.39, 0.29) is 0 Å². The molecule has 1 aliphatic heterocycles. The summed E-state index contributed by atoms with van der Waals surface area (Å²) in [5.41, 5.74) is 1.97. The average Bonchev–Trinajstić information content (AvgIpc) is 2.48. The Balaban J connectivity index is 1.96. The monoisotopic (exact) mass is 287 g/mol. The van der Waals surface area contributed by atoms with Gasteiger partial charge in [0.1, 0.15) is 0 Å². The van der Waals surface area contributed by atoms with Crippen LogP contribution in [0.15, 0.2) is 18.3 Å². The number of benzene rings is 1. The Hall–Kier alpha value is -2.04. The Bertz CT molecular complexity index is 639. The van der Waals surface area contributed by atoms with E-state index in [1.807, 2.05) is 18.3 Å². The normalized spacial score (nSPS) is 15.1. The highest BCUT2D eigenvalue weighted by Gasteiger charge is 2.27. The minimum atomic E-state index is 0.684. The van der Waals surface area contributed by atoms with Crippen LogP contribution >= 0.6 is 0 Å². The third-order valence-corrected chi connectivity index (χ3v) is 4.12. The van der Waals surface area contributed by atoms with Crippen LogP contribution in [0.1, 0.15) is 19.8 Å². The number of nitrogens with zero attached hydrogens (tertiary/aromatic N) is 3. The Kier molecular flexibility index (Phi) is 3.82. The number of hydrogen-bond donors (Lipinski definition) is 0. The van der Waals surface area contributed by atoms with E-state index in [1.54, 1.807) is 14.2 Å². The predicted octanol–water partition coefficient (Wildman–Crippen LogP) is 2.88. The van der Waals surface area contributed by atoms with Gasteiger partial charge in [0.15, 0.2) is 11.5 Å². The van der Waals surface area contributed by atoms with Gasteiger partial charge in [-0.3, -0.25) is 0 Å². The lowest BCUT2D eigenvalue weighted by Crippen LogP contribution is -2.46. The molecule has 0 saturated carbocycles. The molecule has 3 rings (SSSR count). The van der Waals surface area contributed by atoms with Gasteiger partial charge >= 0.3 is 0 Å². The van der Waals surface area contributed by atoms with Crippen molar-refractivity contribution in [3.8, 4) is 11.5 Å². The van der Waals surface area contributed by atoms with Crippen LogP contribution < -0.4 is 14.4 Å². The van der Waals surface area contributed by atoms with Crippen molar-refractivity contribution in [2.24, 2.45) is 5.92 Å². The molecule has 21 heavy (non-hydrogen) atoms. The van der Waals surface area contributed by atoms with Gasteiger partial charge in [-0.05, 0) is 18.4 Å². The van der Waals surface area contributed by atoms with Gasteiger partial charge in [-0.25, -0.2) is 0 Å². The molecule has 1 aliphatic rings. The van der Waals surface area contributed by atoms with Gasteiger partial charge in [-0.2, -0.15) is 10.2 Å². The molecule has 1 saturated heterocycles. The molecule has 1 fully saturated rings. The maximum absolute atomic E-state index is 5.40. The number of hydrogen-bond acceptors (Lipinski definition) is 5. The minimum Gasteiger partial charge on any atom is -0.493 e. The fourth-order valence-electron chi connectivity index (χ4n) is 2.98. The molecule has 0 atom stereocenters. The van der Waals surface area contributed by atoms with E-state index in [1.165, 1.54) is 12.8 Å². The van der Waals surface area contributed by atoms with Crippen LogP contribution in [0, 0.1) is 5.92 Å². The first kappa shape index (κ1) is 13.9. The maximum atomic E-state index is 5.40. The Morgan fingerprint density at radius 2 is 1.90 bits per heavy atom. The zero-order valence-corrected chi connectivity index (χ0v) is 12.8. The first-order valence-electron chi connectivity index (χ1n) is 7.39. The highest BCUT2D eigenvalue weighted by molar-refractivity contribution is 5.93. The van der Waals surface area contributed by atoms with Crippen molar-refractivity contribution in [1.29, 1.82) is 0 Å². The number of aromatic nitrogens is 2. The molecule has 0 spiro atoms. The fraction of sp³-hybridized carbons (Fsp3) is 0.500. The van der Waals surface area contributed by atoms with Crippen LogP contribution in [0.25, 0.3) is 10.9 Å². The zero-order chi connectivity index (χ0) is 14.8. The van der Waals surface area contributed by atoms with Crippen LogP contribution in [0.4, 0.5) is 5.69 Å². The molecule has 0 unspecified atom stereocenters. The third-order valence-electron chi connectivity index (χ3n) is 4.12. The van der Waals surface area contributed by atoms with E-state index in [4.69, 9.17) is 9.47 Å². The van der Waals surface area contributed by atoms with Gasteiger partial charge in [0.2, 0.25) is 0 Å². The van der Waals surface area contributed by atoms with Crippen molar-refractivity contribution in [3.05, 3.63) is 18.3 Å². The van der Waals surface area contributed by atoms with Gasteiger partial charge in [-0.1, -0.05) is 13.3 Å². The summed E-state index contributed by atoms with van der Waals surface area (Å²) >= 11 is 0. The Labute approximate surface area is 124 Å². The molecule has 0 bridgehead atoms. The quantitative estimate of drug-likeness (QED) is 0.846. The first-order chi connectivity index (χ1) is 10.3. The molecule has 0 amide bonds. The lowest BCUT2D eigenvalue weighted by atomic mass is 9.94. The van der Waals surface area contributed by atoms with E-state index in [0.717, 1.165) is 41.3 Å². The molecule has 0 radical (unpaired) electrons. The lowest BCUT2D eigenvalue weighted by molar-refractivity contribution is 0.355. The van der Waals surface area contributed by atoms with Crippen molar-refractivity contribution < 1.29 is 9.47 Å². The number of methoxy groups -OCH3 is 2. The lowest BCUT2D eigenvalue weighted by Gasteiger charge is -2.41. The molecule has 0 N–H and O–H groups in total. The van der Waals surface area contributed by atoms with Crippen molar-refractivity contribution in [2.75, 3.05) is 32.2 Å². The second-order valence-corrected chi connectivity index (χ2v) is 5.51. The molecular formula is C16H21N3O2. The molecule has 112 valence electrons. The van der Waals surface area contributed by atoms with Crippen molar-refractivity contribution in [3.63, 3.8) is 0 Å². The highest BCUT2D eigenvalue weighted by Crippen LogP contribution is 2.37. The second kappa shape index (κ2) is 5.76. The van der Waals surface area contributed by atoms with Gasteiger partial charge < -0.3 is 14.4 Å². The van der Waals surface area contributed by atoms with E-state index < -0.39 is 0 Å². The van der Waals surface area contributed by atoms with E-state index >= 15 is 0 Å².